The molecule has 0 aliphatic carbocycles. The molecular formula is C13H20ClN3O. The van der Waals surface area contributed by atoms with E-state index >= 15 is 0 Å². The quantitative estimate of drug-likeness (QED) is 0.793. The Morgan fingerprint density at radius 3 is 2.72 bits per heavy atom. The molecule has 1 aromatic rings. The maximum Gasteiger partial charge on any atom is 0.236 e. The molecule has 0 saturated carbocycles. The lowest BCUT2D eigenvalue weighted by Crippen LogP contribution is -2.36. The summed E-state index contributed by atoms with van der Waals surface area (Å²) < 4.78 is 0. The number of carbonyl (C=O) groups excluding carboxylic acids is 1. The van der Waals surface area contributed by atoms with Crippen molar-refractivity contribution in [2.45, 2.75) is 19.9 Å². The molecule has 1 rings (SSSR count). The van der Waals surface area contributed by atoms with E-state index in [2.05, 4.69) is 16.8 Å². The van der Waals surface area contributed by atoms with Crippen molar-refractivity contribution in [3.63, 3.8) is 0 Å². The lowest BCUT2D eigenvalue weighted by Gasteiger charge is -2.22. The van der Waals surface area contributed by atoms with Gasteiger partial charge in [-0.05, 0) is 25.1 Å². The minimum Gasteiger partial charge on any atom is -0.348 e. The smallest absolute Gasteiger partial charge is 0.236 e. The predicted molar refractivity (Wildman–Crippen MR) is 73.5 cm³/mol. The van der Waals surface area contributed by atoms with E-state index in [9.17, 15) is 4.79 Å². The first-order valence-electron chi connectivity index (χ1n) is 6.06. The second-order valence-electron chi connectivity index (χ2n) is 4.46. The van der Waals surface area contributed by atoms with Crippen molar-refractivity contribution in [2.75, 3.05) is 27.2 Å². The Labute approximate surface area is 114 Å². The molecule has 0 aliphatic heterocycles. The van der Waals surface area contributed by atoms with Gasteiger partial charge in [0.05, 0.1) is 12.2 Å². The topological polar surface area (TPSA) is 36.4 Å². The molecule has 0 atom stereocenters. The molecule has 0 bridgehead atoms. The van der Waals surface area contributed by atoms with Gasteiger partial charge in [0.25, 0.3) is 0 Å². The Morgan fingerprint density at radius 1 is 1.44 bits per heavy atom. The number of rotatable bonds is 6. The van der Waals surface area contributed by atoms with E-state index in [1.807, 2.05) is 6.07 Å². The van der Waals surface area contributed by atoms with E-state index < -0.39 is 0 Å². The van der Waals surface area contributed by atoms with Crippen molar-refractivity contribution < 1.29 is 4.79 Å². The van der Waals surface area contributed by atoms with Gasteiger partial charge in [-0.15, -0.1) is 0 Å². The third-order valence-corrected chi connectivity index (χ3v) is 2.80. The highest BCUT2D eigenvalue weighted by atomic mass is 35.5. The number of carbonyl (C=O) groups is 1. The highest BCUT2D eigenvalue weighted by molar-refractivity contribution is 6.30. The van der Waals surface area contributed by atoms with Crippen molar-refractivity contribution in [1.29, 1.82) is 0 Å². The van der Waals surface area contributed by atoms with E-state index in [0.29, 0.717) is 18.1 Å². The van der Waals surface area contributed by atoms with Gasteiger partial charge in [-0.1, -0.05) is 18.5 Å². The van der Waals surface area contributed by atoms with Gasteiger partial charge in [0.15, 0.2) is 0 Å². The van der Waals surface area contributed by atoms with Gasteiger partial charge in [0.2, 0.25) is 5.91 Å². The Hall–Kier alpha value is -1.13. The van der Waals surface area contributed by atoms with Crippen LogP contribution in [0.15, 0.2) is 18.3 Å². The summed E-state index contributed by atoms with van der Waals surface area (Å²) in [6.45, 7) is 4.02. The molecule has 1 amide bonds. The minimum absolute atomic E-state index is 0.102. The summed E-state index contributed by atoms with van der Waals surface area (Å²) in [4.78, 5) is 19.7. The molecule has 4 nitrogen and oxygen atoms in total. The van der Waals surface area contributed by atoms with Crippen molar-refractivity contribution in [3.8, 4) is 0 Å². The minimum atomic E-state index is 0.102. The first-order valence-corrected chi connectivity index (χ1v) is 6.43. The number of aromatic nitrogens is 1. The van der Waals surface area contributed by atoms with E-state index in [1.165, 1.54) is 0 Å². The molecule has 18 heavy (non-hydrogen) atoms. The van der Waals surface area contributed by atoms with E-state index in [1.54, 1.807) is 31.3 Å². The Balaban J connectivity index is 2.65. The second kappa shape index (κ2) is 7.34. The molecule has 0 saturated heterocycles. The fourth-order valence-corrected chi connectivity index (χ4v) is 1.81. The zero-order valence-electron chi connectivity index (χ0n) is 11.2. The van der Waals surface area contributed by atoms with Crippen LogP contribution in [-0.2, 0) is 11.3 Å². The fraction of sp³-hybridized carbons (Fsp3) is 0.538. The number of halogens is 1. The molecule has 0 fully saturated rings. The zero-order valence-corrected chi connectivity index (χ0v) is 11.9. The number of pyridine rings is 1. The molecule has 1 heterocycles. The Bertz CT molecular complexity index is 396. The van der Waals surface area contributed by atoms with Crippen LogP contribution in [0.4, 0.5) is 0 Å². The second-order valence-corrected chi connectivity index (χ2v) is 4.90. The number of likely N-dealkylation sites (N-methyl/N-ethyl adjacent to an activating group) is 1. The molecule has 0 spiro atoms. The predicted octanol–water partition coefficient (Wildman–Crippen LogP) is 2.04. The van der Waals surface area contributed by atoms with Gasteiger partial charge in [0.1, 0.15) is 0 Å². The third-order valence-electron chi connectivity index (χ3n) is 2.56. The molecule has 0 unspecified atom stereocenters. The van der Waals surface area contributed by atoms with Crippen LogP contribution in [0, 0.1) is 0 Å². The van der Waals surface area contributed by atoms with Gasteiger partial charge >= 0.3 is 0 Å². The fourth-order valence-electron chi connectivity index (χ4n) is 1.63. The maximum atomic E-state index is 11.7. The molecule has 5 heteroatoms. The highest BCUT2D eigenvalue weighted by Crippen LogP contribution is 2.10. The average Bonchev–Trinajstić information content (AvgIpc) is 2.29. The van der Waals surface area contributed by atoms with Gasteiger partial charge in [0, 0.05) is 31.9 Å². The van der Waals surface area contributed by atoms with Crippen LogP contribution in [0.1, 0.15) is 19.0 Å². The molecule has 100 valence electrons. The van der Waals surface area contributed by atoms with Crippen LogP contribution in [0.25, 0.3) is 0 Å². The summed E-state index contributed by atoms with van der Waals surface area (Å²) in [7, 11) is 3.54. The maximum absolute atomic E-state index is 11.7. The molecule has 0 N–H and O–H groups in total. The summed E-state index contributed by atoms with van der Waals surface area (Å²) in [5.41, 5.74) is 0.891. The van der Waals surface area contributed by atoms with Crippen LogP contribution in [0.3, 0.4) is 0 Å². The first kappa shape index (κ1) is 14.9. The lowest BCUT2D eigenvalue weighted by molar-refractivity contribution is -0.130. The van der Waals surface area contributed by atoms with Gasteiger partial charge in [-0.3, -0.25) is 14.7 Å². The number of hydrogen-bond acceptors (Lipinski definition) is 3. The number of hydrogen-bond donors (Lipinski definition) is 0. The number of nitrogens with zero attached hydrogens (tertiary/aromatic N) is 3. The summed E-state index contributed by atoms with van der Waals surface area (Å²) in [5.74, 6) is 0.102. The van der Waals surface area contributed by atoms with Gasteiger partial charge < -0.3 is 4.90 Å². The monoisotopic (exact) mass is 269 g/mol. The van der Waals surface area contributed by atoms with Crippen molar-refractivity contribution in [2.24, 2.45) is 0 Å². The summed E-state index contributed by atoms with van der Waals surface area (Å²) in [5, 5.41) is 0.676. The first-order chi connectivity index (χ1) is 8.52. The van der Waals surface area contributed by atoms with Gasteiger partial charge in [-0.2, -0.15) is 0 Å². The largest absolute Gasteiger partial charge is 0.348 e. The van der Waals surface area contributed by atoms with Crippen LogP contribution in [-0.4, -0.2) is 47.9 Å². The molecule has 0 radical (unpaired) electrons. The van der Waals surface area contributed by atoms with Crippen molar-refractivity contribution in [1.82, 2.24) is 14.8 Å². The van der Waals surface area contributed by atoms with E-state index in [-0.39, 0.29) is 5.91 Å². The van der Waals surface area contributed by atoms with Crippen molar-refractivity contribution >= 4 is 17.5 Å². The zero-order chi connectivity index (χ0) is 13.5. The van der Waals surface area contributed by atoms with Crippen LogP contribution < -0.4 is 0 Å². The molecule has 0 aromatic carbocycles. The average molecular weight is 270 g/mol. The SMILES string of the molecule is CCCN(CC(=O)N(C)C)Cc1cc(Cl)ccn1. The normalized spacial score (nSPS) is 10.7. The standard InChI is InChI=1S/C13H20ClN3O/c1-4-7-17(10-13(18)16(2)3)9-12-8-11(14)5-6-15-12/h5-6,8H,4,7,9-10H2,1-3H3. The molecule has 0 aliphatic rings. The summed E-state index contributed by atoms with van der Waals surface area (Å²) in [6.07, 6.45) is 2.69. The lowest BCUT2D eigenvalue weighted by atomic mass is 10.3. The van der Waals surface area contributed by atoms with Crippen molar-refractivity contribution in [3.05, 3.63) is 29.0 Å². The summed E-state index contributed by atoms with van der Waals surface area (Å²) >= 11 is 5.93. The third kappa shape index (κ3) is 5.02. The highest BCUT2D eigenvalue weighted by Gasteiger charge is 2.12. The van der Waals surface area contributed by atoms with Crippen LogP contribution in [0.2, 0.25) is 5.02 Å². The van der Waals surface area contributed by atoms with E-state index in [0.717, 1.165) is 18.7 Å². The van der Waals surface area contributed by atoms with Crippen LogP contribution in [0.5, 0.6) is 0 Å². The Kier molecular flexibility index (Phi) is 6.09. The number of amides is 1. The molecule has 1 aromatic heterocycles. The molecular weight excluding hydrogens is 250 g/mol. The Morgan fingerprint density at radius 2 is 2.17 bits per heavy atom. The van der Waals surface area contributed by atoms with Crippen LogP contribution >= 0.6 is 11.6 Å². The summed E-state index contributed by atoms with van der Waals surface area (Å²) in [6, 6.07) is 3.59. The van der Waals surface area contributed by atoms with Gasteiger partial charge in [-0.25, -0.2) is 0 Å². The van der Waals surface area contributed by atoms with E-state index in [4.69, 9.17) is 11.6 Å².